The SMILES string of the molecule is CCC(Sc1nc(-c2ccc(OC)cc2)c(-c2ccc(OC)cc2)[nH]1)C(=O)N1CCCc2ccccc21. The quantitative estimate of drug-likeness (QED) is 0.269. The molecule has 3 aromatic carbocycles. The summed E-state index contributed by atoms with van der Waals surface area (Å²) in [6.45, 7) is 2.81. The second-order valence-corrected chi connectivity index (χ2v) is 10.2. The van der Waals surface area contributed by atoms with Gasteiger partial charge in [0.15, 0.2) is 5.16 Å². The molecule has 0 radical (unpaired) electrons. The number of nitrogens with one attached hydrogen (secondary N) is 1. The Bertz CT molecular complexity index is 1300. The van der Waals surface area contributed by atoms with Gasteiger partial charge in [0.05, 0.1) is 30.9 Å². The van der Waals surface area contributed by atoms with Gasteiger partial charge in [-0.3, -0.25) is 4.79 Å². The lowest BCUT2D eigenvalue weighted by Crippen LogP contribution is -2.40. The molecule has 0 saturated carbocycles. The Balaban J connectivity index is 1.47. The lowest BCUT2D eigenvalue weighted by molar-refractivity contribution is -0.118. The number of benzene rings is 3. The maximum atomic E-state index is 13.7. The molecule has 0 bridgehead atoms. The summed E-state index contributed by atoms with van der Waals surface area (Å²) in [6, 6.07) is 24.0. The minimum Gasteiger partial charge on any atom is -0.497 e. The molecule has 0 spiro atoms. The van der Waals surface area contributed by atoms with Crippen molar-refractivity contribution in [2.75, 3.05) is 25.7 Å². The highest BCUT2D eigenvalue weighted by Crippen LogP contribution is 2.37. The number of fused-ring (bicyclic) bond motifs is 1. The van der Waals surface area contributed by atoms with Gasteiger partial charge >= 0.3 is 0 Å². The Morgan fingerprint density at radius 3 is 2.27 bits per heavy atom. The van der Waals surface area contributed by atoms with Crippen LogP contribution in [-0.4, -0.2) is 41.9 Å². The van der Waals surface area contributed by atoms with Crippen LogP contribution in [0.2, 0.25) is 0 Å². The van der Waals surface area contributed by atoms with Gasteiger partial charge in [-0.25, -0.2) is 4.98 Å². The number of carbonyl (C=O) groups excluding carboxylic acids is 1. The summed E-state index contributed by atoms with van der Waals surface area (Å²) >= 11 is 1.50. The van der Waals surface area contributed by atoms with Crippen molar-refractivity contribution in [2.24, 2.45) is 0 Å². The minimum absolute atomic E-state index is 0.132. The zero-order valence-electron chi connectivity index (χ0n) is 21.4. The third kappa shape index (κ3) is 5.23. The van der Waals surface area contributed by atoms with Crippen molar-refractivity contribution < 1.29 is 14.3 Å². The van der Waals surface area contributed by atoms with Crippen molar-refractivity contribution in [1.29, 1.82) is 0 Å². The van der Waals surface area contributed by atoms with Crippen molar-refractivity contribution in [3.8, 4) is 34.0 Å². The summed E-state index contributed by atoms with van der Waals surface area (Å²) in [4.78, 5) is 24.2. The Kier molecular flexibility index (Phi) is 7.51. The van der Waals surface area contributed by atoms with Gasteiger partial charge in [0.25, 0.3) is 0 Å². The molecule has 2 heterocycles. The van der Waals surface area contributed by atoms with Gasteiger partial charge in [0.2, 0.25) is 5.91 Å². The molecule has 5 rings (SSSR count). The number of nitrogens with zero attached hydrogens (tertiary/aromatic N) is 2. The fourth-order valence-electron chi connectivity index (χ4n) is 4.71. The molecule has 0 saturated heterocycles. The van der Waals surface area contributed by atoms with Crippen LogP contribution in [0.4, 0.5) is 5.69 Å². The van der Waals surface area contributed by atoms with Gasteiger partial charge in [0, 0.05) is 23.4 Å². The average molecular weight is 514 g/mol. The van der Waals surface area contributed by atoms with Crippen molar-refractivity contribution in [3.63, 3.8) is 0 Å². The second-order valence-electron chi connectivity index (χ2n) is 8.96. The smallest absolute Gasteiger partial charge is 0.240 e. The van der Waals surface area contributed by atoms with E-state index in [-0.39, 0.29) is 11.2 Å². The maximum Gasteiger partial charge on any atom is 0.240 e. The molecule has 1 aliphatic heterocycles. The summed E-state index contributed by atoms with van der Waals surface area (Å²) in [5.74, 6) is 1.72. The van der Waals surface area contributed by atoms with Crippen LogP contribution in [0.25, 0.3) is 22.5 Å². The number of para-hydroxylation sites is 1. The molecule has 1 unspecified atom stereocenters. The lowest BCUT2D eigenvalue weighted by Gasteiger charge is -2.31. The van der Waals surface area contributed by atoms with E-state index in [1.807, 2.05) is 65.6 Å². The average Bonchev–Trinajstić information content (AvgIpc) is 3.39. The van der Waals surface area contributed by atoms with Gasteiger partial charge in [-0.05, 0) is 79.4 Å². The maximum absolute atomic E-state index is 13.7. The summed E-state index contributed by atoms with van der Waals surface area (Å²) in [5, 5.41) is 0.479. The van der Waals surface area contributed by atoms with Crippen molar-refractivity contribution >= 4 is 23.4 Å². The zero-order chi connectivity index (χ0) is 25.8. The standard InChI is InChI=1S/C30H31N3O3S/c1-4-26(29(34)33-19-7-9-20-8-5-6-10-25(20)33)37-30-31-27(21-11-15-23(35-2)16-12-21)28(32-30)22-13-17-24(36-3)18-14-22/h5-6,8,10-18,26H,4,7,9,19H2,1-3H3,(H,31,32). The fraction of sp³-hybridized carbons (Fsp3) is 0.267. The van der Waals surface area contributed by atoms with Crippen LogP contribution < -0.4 is 14.4 Å². The monoisotopic (exact) mass is 513 g/mol. The molecular formula is C30H31N3O3S. The van der Waals surface area contributed by atoms with Gasteiger partial charge in [0.1, 0.15) is 11.5 Å². The van der Waals surface area contributed by atoms with E-state index >= 15 is 0 Å². The van der Waals surface area contributed by atoms with Gasteiger partial charge < -0.3 is 19.4 Å². The number of anilines is 1. The first-order valence-electron chi connectivity index (χ1n) is 12.6. The largest absolute Gasteiger partial charge is 0.497 e. The summed E-state index contributed by atoms with van der Waals surface area (Å²) in [6.07, 6.45) is 2.70. The van der Waals surface area contributed by atoms with Crippen molar-refractivity contribution in [3.05, 3.63) is 78.4 Å². The van der Waals surface area contributed by atoms with Crippen LogP contribution >= 0.6 is 11.8 Å². The molecule has 4 aromatic rings. The molecule has 7 heteroatoms. The third-order valence-corrected chi connectivity index (χ3v) is 7.94. The molecule has 1 atom stereocenters. The molecule has 190 valence electrons. The van der Waals surface area contributed by atoms with Crippen LogP contribution in [-0.2, 0) is 11.2 Å². The highest BCUT2D eigenvalue weighted by atomic mass is 32.2. The Morgan fingerprint density at radius 2 is 1.62 bits per heavy atom. The number of aromatic amines is 1. The number of amides is 1. The van der Waals surface area contributed by atoms with E-state index in [2.05, 4.69) is 24.0 Å². The predicted octanol–water partition coefficient (Wildman–Crippen LogP) is 6.61. The topological polar surface area (TPSA) is 67.5 Å². The molecule has 1 N–H and O–H groups in total. The number of hydrogen-bond acceptors (Lipinski definition) is 5. The number of ether oxygens (including phenoxy) is 2. The van der Waals surface area contributed by atoms with Gasteiger partial charge in [-0.1, -0.05) is 36.9 Å². The first-order chi connectivity index (χ1) is 18.1. The second kappa shape index (κ2) is 11.1. The van der Waals surface area contributed by atoms with E-state index in [9.17, 15) is 4.79 Å². The summed E-state index contributed by atoms with van der Waals surface area (Å²) in [5.41, 5.74) is 5.98. The highest BCUT2D eigenvalue weighted by molar-refractivity contribution is 8.00. The number of imidazole rings is 1. The fourth-order valence-corrected chi connectivity index (χ4v) is 5.68. The summed E-state index contributed by atoms with van der Waals surface area (Å²) < 4.78 is 10.7. The molecule has 1 aromatic heterocycles. The molecule has 6 nitrogen and oxygen atoms in total. The van der Waals surface area contributed by atoms with E-state index < -0.39 is 0 Å². The first-order valence-corrected chi connectivity index (χ1v) is 13.4. The predicted molar refractivity (Wildman–Crippen MR) is 150 cm³/mol. The first kappa shape index (κ1) is 25.0. The molecule has 1 amide bonds. The van der Waals surface area contributed by atoms with Gasteiger partial charge in [-0.15, -0.1) is 0 Å². The number of methoxy groups -OCH3 is 2. The number of aryl methyl sites for hydroxylation is 1. The number of H-pyrrole nitrogens is 1. The molecule has 0 aliphatic carbocycles. The van der Waals surface area contributed by atoms with Crippen LogP contribution in [0.15, 0.2) is 78.0 Å². The van der Waals surface area contributed by atoms with E-state index in [4.69, 9.17) is 14.5 Å². The van der Waals surface area contributed by atoms with Crippen LogP contribution in [0.5, 0.6) is 11.5 Å². The third-order valence-electron chi connectivity index (χ3n) is 6.70. The molecular weight excluding hydrogens is 482 g/mol. The lowest BCUT2D eigenvalue weighted by atomic mass is 10.0. The van der Waals surface area contributed by atoms with E-state index in [1.54, 1.807) is 14.2 Å². The molecule has 0 fully saturated rings. The van der Waals surface area contributed by atoms with Crippen LogP contribution in [0.1, 0.15) is 25.3 Å². The van der Waals surface area contributed by atoms with E-state index in [0.717, 1.165) is 64.2 Å². The van der Waals surface area contributed by atoms with Gasteiger partial charge in [-0.2, -0.15) is 0 Å². The number of aromatic nitrogens is 2. The Hall–Kier alpha value is -3.71. The zero-order valence-corrected chi connectivity index (χ0v) is 22.2. The van der Waals surface area contributed by atoms with Crippen LogP contribution in [0, 0.1) is 0 Å². The normalized spacial score (nSPS) is 13.6. The Morgan fingerprint density at radius 1 is 0.973 bits per heavy atom. The number of carbonyl (C=O) groups is 1. The molecule has 1 aliphatic rings. The van der Waals surface area contributed by atoms with E-state index in [1.165, 1.54) is 17.3 Å². The highest BCUT2D eigenvalue weighted by Gasteiger charge is 2.29. The van der Waals surface area contributed by atoms with Crippen molar-refractivity contribution in [2.45, 2.75) is 36.6 Å². The Labute approximate surface area is 222 Å². The number of rotatable bonds is 8. The number of hydrogen-bond donors (Lipinski definition) is 1. The van der Waals surface area contributed by atoms with Crippen molar-refractivity contribution in [1.82, 2.24) is 9.97 Å². The summed E-state index contributed by atoms with van der Waals surface area (Å²) in [7, 11) is 3.31. The van der Waals surface area contributed by atoms with E-state index in [0.29, 0.717) is 6.42 Å². The minimum atomic E-state index is -0.246. The van der Waals surface area contributed by atoms with Crippen LogP contribution in [0.3, 0.4) is 0 Å². The number of thioether (sulfide) groups is 1. The molecule has 37 heavy (non-hydrogen) atoms.